The number of thiophene rings is 1. The lowest BCUT2D eigenvalue weighted by molar-refractivity contribution is -0.235. The Balaban J connectivity index is 2.11. The molecule has 0 saturated carbocycles. The Morgan fingerprint density at radius 1 is 1.38 bits per heavy atom. The predicted octanol–water partition coefficient (Wildman–Crippen LogP) is 1.96. The number of nitrogens with zero attached hydrogens (tertiary/aromatic N) is 1. The molecular formula is C12H12F3NO4S. The Bertz CT molecular complexity index is 517. The molecule has 1 fully saturated rings. The number of rotatable bonds is 3. The average molecular weight is 323 g/mol. The van der Waals surface area contributed by atoms with Gasteiger partial charge in [-0.25, -0.2) is 4.79 Å². The summed E-state index contributed by atoms with van der Waals surface area (Å²) in [5.41, 5.74) is 0.806. The second-order valence-corrected chi connectivity index (χ2v) is 5.30. The molecule has 0 amide bonds. The van der Waals surface area contributed by atoms with Crippen molar-refractivity contribution in [3.8, 4) is 0 Å². The molecule has 21 heavy (non-hydrogen) atoms. The summed E-state index contributed by atoms with van der Waals surface area (Å²) < 4.78 is 41.3. The number of hydroxylamine groups is 2. The van der Waals surface area contributed by atoms with E-state index in [-0.39, 0.29) is 19.0 Å². The van der Waals surface area contributed by atoms with Crippen molar-refractivity contribution in [2.75, 3.05) is 20.2 Å². The number of methoxy groups -OCH3 is 1. The largest absolute Gasteiger partial charge is 0.492 e. The van der Waals surface area contributed by atoms with Crippen molar-refractivity contribution in [1.29, 1.82) is 0 Å². The minimum Gasteiger partial charge on any atom is -0.469 e. The van der Waals surface area contributed by atoms with Gasteiger partial charge in [-0.2, -0.15) is 24.5 Å². The van der Waals surface area contributed by atoms with Crippen LogP contribution in [0, 0.1) is 5.92 Å². The Hall–Kier alpha value is -1.61. The number of hydrogen-bond donors (Lipinski definition) is 0. The molecule has 2 heterocycles. The lowest BCUT2D eigenvalue weighted by Gasteiger charge is -2.15. The van der Waals surface area contributed by atoms with Crippen LogP contribution < -0.4 is 0 Å². The van der Waals surface area contributed by atoms with Gasteiger partial charge < -0.3 is 9.57 Å². The lowest BCUT2D eigenvalue weighted by atomic mass is 9.91. The van der Waals surface area contributed by atoms with Crippen LogP contribution in [0.15, 0.2) is 16.8 Å². The average Bonchev–Trinajstić information content (AvgIpc) is 3.04. The molecular weight excluding hydrogens is 311 g/mol. The van der Waals surface area contributed by atoms with Gasteiger partial charge in [-0.3, -0.25) is 4.79 Å². The van der Waals surface area contributed by atoms with E-state index in [9.17, 15) is 22.8 Å². The number of hydrogen-bond acceptors (Lipinski definition) is 6. The lowest BCUT2D eigenvalue weighted by Crippen LogP contribution is -2.34. The molecule has 9 heteroatoms. The number of carbonyl (C=O) groups is 2. The molecule has 0 N–H and O–H groups in total. The first-order valence-corrected chi connectivity index (χ1v) is 6.91. The van der Waals surface area contributed by atoms with Crippen molar-refractivity contribution in [1.82, 2.24) is 5.06 Å². The second kappa shape index (κ2) is 6.02. The maximum atomic E-state index is 12.2. The molecule has 2 unspecified atom stereocenters. The fourth-order valence-corrected chi connectivity index (χ4v) is 2.95. The van der Waals surface area contributed by atoms with Crippen molar-refractivity contribution < 1.29 is 32.3 Å². The Morgan fingerprint density at radius 2 is 2.10 bits per heavy atom. The van der Waals surface area contributed by atoms with Crippen LogP contribution in [0.2, 0.25) is 0 Å². The monoisotopic (exact) mass is 323 g/mol. The highest BCUT2D eigenvalue weighted by atomic mass is 32.1. The second-order valence-electron chi connectivity index (χ2n) is 4.52. The Kier molecular flexibility index (Phi) is 4.52. The highest BCUT2D eigenvalue weighted by Gasteiger charge is 2.46. The summed E-state index contributed by atoms with van der Waals surface area (Å²) in [6, 6.07) is 1.78. The van der Waals surface area contributed by atoms with Crippen molar-refractivity contribution in [2.45, 2.75) is 12.1 Å². The van der Waals surface area contributed by atoms with E-state index < -0.39 is 24.0 Å². The molecule has 1 aromatic heterocycles. The maximum absolute atomic E-state index is 12.2. The van der Waals surface area contributed by atoms with Crippen molar-refractivity contribution >= 4 is 23.3 Å². The van der Waals surface area contributed by atoms with E-state index in [1.807, 2.05) is 0 Å². The Labute approximate surface area is 122 Å². The van der Waals surface area contributed by atoms with Crippen LogP contribution in [0.4, 0.5) is 13.2 Å². The molecule has 1 aliphatic rings. The first-order valence-electron chi connectivity index (χ1n) is 5.97. The quantitative estimate of drug-likeness (QED) is 0.796. The van der Waals surface area contributed by atoms with E-state index in [0.717, 1.165) is 10.6 Å². The number of ether oxygens (including phenoxy) is 1. The molecule has 0 bridgehead atoms. The van der Waals surface area contributed by atoms with Crippen LogP contribution in [-0.4, -0.2) is 43.4 Å². The van der Waals surface area contributed by atoms with E-state index in [0.29, 0.717) is 0 Å². The molecule has 1 aromatic rings. The predicted molar refractivity (Wildman–Crippen MR) is 66.3 cm³/mol. The Morgan fingerprint density at radius 3 is 2.62 bits per heavy atom. The molecule has 0 aliphatic carbocycles. The van der Waals surface area contributed by atoms with E-state index in [1.54, 1.807) is 16.8 Å². The molecule has 0 aromatic carbocycles. The normalized spacial score (nSPS) is 23.0. The van der Waals surface area contributed by atoms with Gasteiger partial charge in [-0.1, -0.05) is 0 Å². The van der Waals surface area contributed by atoms with Crippen molar-refractivity contribution in [3.05, 3.63) is 22.4 Å². The van der Waals surface area contributed by atoms with Crippen molar-refractivity contribution in [3.63, 3.8) is 0 Å². The zero-order valence-electron chi connectivity index (χ0n) is 10.9. The summed E-state index contributed by atoms with van der Waals surface area (Å²) in [5, 5.41) is 4.46. The minimum atomic E-state index is -5.07. The maximum Gasteiger partial charge on any atom is 0.492 e. The highest BCUT2D eigenvalue weighted by Crippen LogP contribution is 2.35. The molecule has 1 aliphatic heterocycles. The van der Waals surface area contributed by atoms with Crippen LogP contribution in [0.5, 0.6) is 0 Å². The zero-order valence-corrected chi connectivity index (χ0v) is 11.7. The molecule has 5 nitrogen and oxygen atoms in total. The van der Waals surface area contributed by atoms with Gasteiger partial charge >= 0.3 is 18.1 Å². The van der Waals surface area contributed by atoms with Gasteiger partial charge in [0.25, 0.3) is 0 Å². The zero-order chi connectivity index (χ0) is 15.6. The van der Waals surface area contributed by atoms with Gasteiger partial charge in [0.2, 0.25) is 0 Å². The SMILES string of the molecule is COC(=O)C1CN(OC(=O)C(F)(F)F)CC1c1ccsc1. The van der Waals surface area contributed by atoms with E-state index in [4.69, 9.17) is 0 Å². The first kappa shape index (κ1) is 15.8. The molecule has 2 atom stereocenters. The number of esters is 1. The fourth-order valence-electron chi connectivity index (χ4n) is 2.23. The number of alkyl halides is 3. The smallest absolute Gasteiger partial charge is 0.469 e. The third-order valence-electron chi connectivity index (χ3n) is 3.21. The molecule has 2 rings (SSSR count). The van der Waals surface area contributed by atoms with Crippen LogP contribution >= 0.6 is 11.3 Å². The summed E-state index contributed by atoms with van der Waals surface area (Å²) in [7, 11) is 1.21. The topological polar surface area (TPSA) is 55.8 Å². The third kappa shape index (κ3) is 3.53. The van der Waals surface area contributed by atoms with Gasteiger partial charge in [-0.15, -0.1) is 5.06 Å². The minimum absolute atomic E-state index is 0.0122. The fraction of sp³-hybridized carbons (Fsp3) is 0.500. The van der Waals surface area contributed by atoms with Crippen molar-refractivity contribution in [2.24, 2.45) is 5.92 Å². The van der Waals surface area contributed by atoms with E-state index >= 15 is 0 Å². The van der Waals surface area contributed by atoms with Crippen LogP contribution in [0.3, 0.4) is 0 Å². The van der Waals surface area contributed by atoms with E-state index in [2.05, 4.69) is 9.57 Å². The summed E-state index contributed by atoms with van der Waals surface area (Å²) >= 11 is 1.41. The van der Waals surface area contributed by atoms with Crippen LogP contribution in [-0.2, 0) is 19.2 Å². The summed E-state index contributed by atoms with van der Waals surface area (Å²) in [6.45, 7) is -0.118. The summed E-state index contributed by atoms with van der Waals surface area (Å²) in [5.74, 6) is -3.88. The third-order valence-corrected chi connectivity index (χ3v) is 3.91. The first-order chi connectivity index (χ1) is 9.82. The van der Waals surface area contributed by atoms with Gasteiger partial charge in [0, 0.05) is 19.0 Å². The van der Waals surface area contributed by atoms with Gasteiger partial charge in [-0.05, 0) is 22.4 Å². The number of halogens is 3. The van der Waals surface area contributed by atoms with Crippen LogP contribution in [0.1, 0.15) is 11.5 Å². The standard InChI is InChI=1S/C12H12F3NO4S/c1-19-10(17)9-5-16(20-11(18)12(13,14)15)4-8(9)7-2-3-21-6-7/h2-3,6,8-9H,4-5H2,1H3. The van der Waals surface area contributed by atoms with Gasteiger partial charge in [0.05, 0.1) is 13.0 Å². The van der Waals surface area contributed by atoms with Gasteiger partial charge in [0.15, 0.2) is 0 Å². The van der Waals surface area contributed by atoms with Crippen LogP contribution in [0.25, 0.3) is 0 Å². The molecule has 0 spiro atoms. The molecule has 116 valence electrons. The van der Waals surface area contributed by atoms with E-state index in [1.165, 1.54) is 18.4 Å². The van der Waals surface area contributed by atoms with Gasteiger partial charge in [0.1, 0.15) is 0 Å². The summed E-state index contributed by atoms with van der Waals surface area (Å²) in [4.78, 5) is 26.9. The molecule has 1 saturated heterocycles. The summed E-state index contributed by atoms with van der Waals surface area (Å²) in [6.07, 6.45) is -5.07. The molecule has 0 radical (unpaired) electrons. The number of carbonyl (C=O) groups excluding carboxylic acids is 2. The highest BCUT2D eigenvalue weighted by molar-refractivity contribution is 7.08.